The molecule has 0 bridgehead atoms. The molecule has 0 atom stereocenters. The summed E-state index contributed by atoms with van der Waals surface area (Å²) < 4.78 is 25.3. The number of benzene rings is 1. The number of nitrogens with one attached hydrogen (secondary N) is 1. The lowest BCUT2D eigenvalue weighted by Gasteiger charge is -2.05. The number of sulfonamides is 1. The minimum Gasteiger partial charge on any atom is -0.215 e. The van der Waals surface area contributed by atoms with E-state index in [1.807, 2.05) is 13.0 Å². The van der Waals surface area contributed by atoms with Crippen molar-refractivity contribution in [2.45, 2.75) is 19.6 Å². The SMILES string of the molecule is CCNS(=O)(=O)Cc1ccc(C)c(Cl)c1. The first kappa shape index (κ1) is 12.5. The summed E-state index contributed by atoms with van der Waals surface area (Å²) in [7, 11) is -3.22. The largest absolute Gasteiger partial charge is 0.215 e. The van der Waals surface area contributed by atoms with Crippen molar-refractivity contribution in [3.05, 3.63) is 34.3 Å². The van der Waals surface area contributed by atoms with Crippen LogP contribution in [0.2, 0.25) is 5.02 Å². The molecule has 1 N–H and O–H groups in total. The molecule has 0 aliphatic heterocycles. The van der Waals surface area contributed by atoms with Gasteiger partial charge < -0.3 is 0 Å². The van der Waals surface area contributed by atoms with Crippen LogP contribution in [0.25, 0.3) is 0 Å². The van der Waals surface area contributed by atoms with Crippen LogP contribution in [0, 0.1) is 6.92 Å². The third kappa shape index (κ3) is 3.81. The first-order valence-electron chi connectivity index (χ1n) is 4.67. The molecule has 1 aromatic carbocycles. The van der Waals surface area contributed by atoms with Gasteiger partial charge in [-0.1, -0.05) is 30.7 Å². The molecule has 5 heteroatoms. The molecule has 15 heavy (non-hydrogen) atoms. The van der Waals surface area contributed by atoms with Crippen LogP contribution in [0.5, 0.6) is 0 Å². The van der Waals surface area contributed by atoms with Crippen molar-refractivity contribution in [2.24, 2.45) is 0 Å². The fraction of sp³-hybridized carbons (Fsp3) is 0.400. The normalized spacial score (nSPS) is 11.7. The molecule has 0 saturated carbocycles. The topological polar surface area (TPSA) is 46.2 Å². The van der Waals surface area contributed by atoms with E-state index < -0.39 is 10.0 Å². The maximum absolute atomic E-state index is 11.4. The molecule has 0 fully saturated rings. The van der Waals surface area contributed by atoms with Crippen LogP contribution in [0.4, 0.5) is 0 Å². The number of hydrogen-bond donors (Lipinski definition) is 1. The molecular weight excluding hydrogens is 234 g/mol. The lowest BCUT2D eigenvalue weighted by atomic mass is 10.2. The highest BCUT2D eigenvalue weighted by Crippen LogP contribution is 2.17. The fourth-order valence-electron chi connectivity index (χ4n) is 1.22. The van der Waals surface area contributed by atoms with Crippen LogP contribution in [0.1, 0.15) is 18.1 Å². The minimum absolute atomic E-state index is 0.0269. The second-order valence-corrected chi connectivity index (χ2v) is 5.55. The quantitative estimate of drug-likeness (QED) is 0.886. The average molecular weight is 248 g/mol. The summed E-state index contributed by atoms with van der Waals surface area (Å²) in [5, 5.41) is 0.596. The fourth-order valence-corrected chi connectivity index (χ4v) is 2.58. The lowest BCUT2D eigenvalue weighted by molar-refractivity contribution is 0.583. The Morgan fingerprint density at radius 1 is 1.40 bits per heavy atom. The molecule has 0 saturated heterocycles. The molecule has 0 spiro atoms. The summed E-state index contributed by atoms with van der Waals surface area (Å²) in [5.74, 6) is -0.0269. The highest BCUT2D eigenvalue weighted by molar-refractivity contribution is 7.88. The Morgan fingerprint density at radius 2 is 2.07 bits per heavy atom. The standard InChI is InChI=1S/C10H14ClNO2S/c1-3-12-15(13,14)7-9-5-4-8(2)10(11)6-9/h4-6,12H,3,7H2,1-2H3. The number of halogens is 1. The van der Waals surface area contributed by atoms with Gasteiger partial charge in [-0.25, -0.2) is 13.1 Å². The van der Waals surface area contributed by atoms with Gasteiger partial charge in [0.05, 0.1) is 5.75 Å². The van der Waals surface area contributed by atoms with Crippen molar-refractivity contribution >= 4 is 21.6 Å². The Morgan fingerprint density at radius 3 is 2.60 bits per heavy atom. The summed E-state index contributed by atoms with van der Waals surface area (Å²) in [6.45, 7) is 4.03. The third-order valence-corrected chi connectivity index (χ3v) is 3.81. The molecule has 0 aromatic heterocycles. The average Bonchev–Trinajstić information content (AvgIpc) is 2.10. The predicted molar refractivity (Wildman–Crippen MR) is 62.5 cm³/mol. The van der Waals surface area contributed by atoms with Crippen LogP contribution < -0.4 is 4.72 Å². The Bertz CT molecular complexity index is 443. The van der Waals surface area contributed by atoms with E-state index in [4.69, 9.17) is 11.6 Å². The Kier molecular flexibility index (Phi) is 4.13. The maximum Gasteiger partial charge on any atom is 0.215 e. The van der Waals surface area contributed by atoms with Crippen molar-refractivity contribution in [3.8, 4) is 0 Å². The van der Waals surface area contributed by atoms with Crippen LogP contribution in [0.3, 0.4) is 0 Å². The summed E-state index contributed by atoms with van der Waals surface area (Å²) in [6.07, 6.45) is 0. The van der Waals surface area contributed by atoms with Gasteiger partial charge in [-0.15, -0.1) is 0 Å². The zero-order valence-corrected chi connectivity index (χ0v) is 10.3. The second kappa shape index (κ2) is 4.96. The van der Waals surface area contributed by atoms with Gasteiger partial charge in [-0.2, -0.15) is 0 Å². The van der Waals surface area contributed by atoms with Gasteiger partial charge in [0.15, 0.2) is 0 Å². The van der Waals surface area contributed by atoms with Crippen molar-refractivity contribution in [1.82, 2.24) is 4.72 Å². The molecular formula is C10H14ClNO2S. The van der Waals surface area contributed by atoms with E-state index in [9.17, 15) is 8.42 Å². The van der Waals surface area contributed by atoms with Gasteiger partial charge in [0.1, 0.15) is 0 Å². The zero-order chi connectivity index (χ0) is 11.5. The second-order valence-electron chi connectivity index (χ2n) is 3.34. The predicted octanol–water partition coefficient (Wildman–Crippen LogP) is 2.09. The minimum atomic E-state index is -3.22. The van der Waals surface area contributed by atoms with E-state index in [1.165, 1.54) is 0 Å². The van der Waals surface area contributed by atoms with Crippen molar-refractivity contribution in [1.29, 1.82) is 0 Å². The number of aryl methyl sites for hydroxylation is 1. The first-order valence-corrected chi connectivity index (χ1v) is 6.70. The Labute approximate surface area is 95.5 Å². The third-order valence-electron chi connectivity index (χ3n) is 1.96. The smallest absolute Gasteiger partial charge is 0.215 e. The molecule has 0 aliphatic rings. The van der Waals surface area contributed by atoms with Crippen LogP contribution in [-0.2, 0) is 15.8 Å². The van der Waals surface area contributed by atoms with Gasteiger partial charge >= 0.3 is 0 Å². The van der Waals surface area contributed by atoms with E-state index in [0.29, 0.717) is 17.1 Å². The molecule has 0 amide bonds. The molecule has 0 heterocycles. The molecule has 0 radical (unpaired) electrons. The van der Waals surface area contributed by atoms with Gasteiger partial charge in [0.2, 0.25) is 10.0 Å². The van der Waals surface area contributed by atoms with Crippen LogP contribution >= 0.6 is 11.6 Å². The lowest BCUT2D eigenvalue weighted by Crippen LogP contribution is -2.24. The van der Waals surface area contributed by atoms with Crippen LogP contribution in [-0.4, -0.2) is 15.0 Å². The van der Waals surface area contributed by atoms with Crippen molar-refractivity contribution in [2.75, 3.05) is 6.54 Å². The Balaban J connectivity index is 2.86. The number of rotatable bonds is 4. The zero-order valence-electron chi connectivity index (χ0n) is 8.75. The van der Waals surface area contributed by atoms with E-state index in [0.717, 1.165) is 5.56 Å². The molecule has 1 aromatic rings. The van der Waals surface area contributed by atoms with Gasteiger partial charge in [-0.05, 0) is 24.1 Å². The summed E-state index contributed by atoms with van der Waals surface area (Å²) in [4.78, 5) is 0. The van der Waals surface area contributed by atoms with Gasteiger partial charge in [-0.3, -0.25) is 0 Å². The summed E-state index contributed by atoms with van der Waals surface area (Å²) in [6, 6.07) is 5.28. The molecule has 0 unspecified atom stereocenters. The number of hydrogen-bond acceptors (Lipinski definition) is 2. The maximum atomic E-state index is 11.4. The molecule has 0 aliphatic carbocycles. The van der Waals surface area contributed by atoms with E-state index in [-0.39, 0.29) is 5.75 Å². The van der Waals surface area contributed by atoms with Crippen LogP contribution in [0.15, 0.2) is 18.2 Å². The van der Waals surface area contributed by atoms with E-state index in [2.05, 4.69) is 4.72 Å². The van der Waals surface area contributed by atoms with Gasteiger partial charge in [0.25, 0.3) is 0 Å². The highest BCUT2D eigenvalue weighted by atomic mass is 35.5. The monoisotopic (exact) mass is 247 g/mol. The van der Waals surface area contributed by atoms with Gasteiger partial charge in [0, 0.05) is 11.6 Å². The van der Waals surface area contributed by atoms with E-state index >= 15 is 0 Å². The molecule has 84 valence electrons. The van der Waals surface area contributed by atoms with E-state index in [1.54, 1.807) is 19.1 Å². The first-order chi connectivity index (χ1) is 6.94. The molecule has 3 nitrogen and oxygen atoms in total. The Hall–Kier alpha value is -0.580. The van der Waals surface area contributed by atoms with Crippen molar-refractivity contribution < 1.29 is 8.42 Å². The highest BCUT2D eigenvalue weighted by Gasteiger charge is 2.10. The summed E-state index contributed by atoms with van der Waals surface area (Å²) >= 11 is 5.90. The van der Waals surface area contributed by atoms with Crippen molar-refractivity contribution in [3.63, 3.8) is 0 Å². The summed E-state index contributed by atoms with van der Waals surface area (Å²) in [5.41, 5.74) is 1.65. The molecule has 1 rings (SSSR count).